The van der Waals surface area contributed by atoms with Crippen molar-refractivity contribution in [1.82, 2.24) is 14.8 Å². The molecule has 1 aromatic rings. The number of piperidine rings is 1. The zero-order valence-electron chi connectivity index (χ0n) is 10.7. The fourth-order valence-corrected chi connectivity index (χ4v) is 3.06. The van der Waals surface area contributed by atoms with Gasteiger partial charge in [0.2, 0.25) is 10.0 Å². The molecule has 0 radical (unpaired) electrons. The van der Waals surface area contributed by atoms with E-state index in [9.17, 15) is 8.42 Å². The van der Waals surface area contributed by atoms with Crippen molar-refractivity contribution in [2.24, 2.45) is 0 Å². The van der Waals surface area contributed by atoms with E-state index in [4.69, 9.17) is 4.52 Å². The van der Waals surface area contributed by atoms with Crippen LogP contribution < -0.4 is 4.72 Å². The van der Waals surface area contributed by atoms with Crippen molar-refractivity contribution in [1.29, 1.82) is 0 Å². The Labute approximate surface area is 107 Å². The van der Waals surface area contributed by atoms with Gasteiger partial charge in [0.1, 0.15) is 0 Å². The van der Waals surface area contributed by atoms with Gasteiger partial charge in [0.15, 0.2) is 5.76 Å². The van der Waals surface area contributed by atoms with E-state index >= 15 is 0 Å². The minimum atomic E-state index is -3.09. The number of likely N-dealkylation sites (tertiary alicyclic amines) is 1. The highest BCUT2D eigenvalue weighted by Crippen LogP contribution is 2.14. The first-order valence-corrected chi connectivity index (χ1v) is 7.93. The molecule has 1 aliphatic rings. The van der Waals surface area contributed by atoms with Crippen LogP contribution in [0.15, 0.2) is 10.6 Å². The first-order valence-electron chi connectivity index (χ1n) is 6.04. The second kappa shape index (κ2) is 5.38. The van der Waals surface area contributed by atoms with Gasteiger partial charge >= 0.3 is 0 Å². The third kappa shape index (κ3) is 4.08. The van der Waals surface area contributed by atoms with Crippen LogP contribution in [0.3, 0.4) is 0 Å². The van der Waals surface area contributed by atoms with Crippen molar-refractivity contribution in [2.45, 2.75) is 32.4 Å². The Bertz CT molecular complexity index is 489. The lowest BCUT2D eigenvalue weighted by molar-refractivity contribution is 0.180. The van der Waals surface area contributed by atoms with Crippen LogP contribution >= 0.6 is 0 Å². The minimum absolute atomic E-state index is 0.0627. The normalized spacial score (nSPS) is 19.2. The van der Waals surface area contributed by atoms with Gasteiger partial charge in [-0.25, -0.2) is 13.1 Å². The highest BCUT2D eigenvalue weighted by Gasteiger charge is 2.22. The van der Waals surface area contributed by atoms with Crippen molar-refractivity contribution >= 4 is 10.0 Å². The first kappa shape index (κ1) is 13.5. The van der Waals surface area contributed by atoms with E-state index in [1.165, 1.54) is 6.26 Å². The number of sulfonamides is 1. The van der Waals surface area contributed by atoms with E-state index in [1.807, 2.05) is 13.0 Å². The summed E-state index contributed by atoms with van der Waals surface area (Å²) in [6.07, 6.45) is 2.87. The lowest BCUT2D eigenvalue weighted by atomic mass is 10.1. The Morgan fingerprint density at radius 1 is 1.50 bits per heavy atom. The van der Waals surface area contributed by atoms with Gasteiger partial charge in [-0.2, -0.15) is 0 Å². The molecule has 0 aromatic carbocycles. The summed E-state index contributed by atoms with van der Waals surface area (Å²) >= 11 is 0. The number of aromatic nitrogens is 1. The van der Waals surface area contributed by atoms with Gasteiger partial charge in [-0.15, -0.1) is 0 Å². The standard InChI is InChI=1S/C11H19N3O3S/c1-9-7-11(17-12-9)8-14-5-3-10(4-6-14)13-18(2,15)16/h7,10,13H,3-6,8H2,1-2H3. The summed E-state index contributed by atoms with van der Waals surface area (Å²) in [6, 6.07) is 1.99. The Morgan fingerprint density at radius 3 is 2.67 bits per heavy atom. The Morgan fingerprint density at radius 2 is 2.17 bits per heavy atom. The fourth-order valence-electron chi connectivity index (χ4n) is 2.22. The van der Waals surface area contributed by atoms with Crippen molar-refractivity contribution in [2.75, 3.05) is 19.3 Å². The molecule has 0 aliphatic carbocycles. The number of nitrogens with one attached hydrogen (secondary N) is 1. The molecule has 0 spiro atoms. The summed E-state index contributed by atoms with van der Waals surface area (Å²) in [5.74, 6) is 0.863. The van der Waals surface area contributed by atoms with Crippen LogP contribution in [-0.2, 0) is 16.6 Å². The highest BCUT2D eigenvalue weighted by molar-refractivity contribution is 7.88. The zero-order chi connectivity index (χ0) is 13.2. The molecule has 1 saturated heterocycles. The van der Waals surface area contributed by atoms with Crippen molar-refractivity contribution in [3.05, 3.63) is 17.5 Å². The van der Waals surface area contributed by atoms with E-state index in [-0.39, 0.29) is 6.04 Å². The van der Waals surface area contributed by atoms with Gasteiger partial charge in [-0.1, -0.05) is 5.16 Å². The van der Waals surface area contributed by atoms with Crippen LogP contribution in [0.4, 0.5) is 0 Å². The number of rotatable bonds is 4. The third-order valence-electron chi connectivity index (χ3n) is 3.02. The summed E-state index contributed by atoms with van der Waals surface area (Å²) in [5.41, 5.74) is 0.888. The second-order valence-electron chi connectivity index (χ2n) is 4.88. The number of hydrogen-bond donors (Lipinski definition) is 1. The number of hydrogen-bond acceptors (Lipinski definition) is 5. The SMILES string of the molecule is Cc1cc(CN2CCC(NS(C)(=O)=O)CC2)on1. The molecular formula is C11H19N3O3S. The molecular weight excluding hydrogens is 254 g/mol. The highest BCUT2D eigenvalue weighted by atomic mass is 32.2. The maximum atomic E-state index is 11.1. The van der Waals surface area contributed by atoms with E-state index in [0.29, 0.717) is 0 Å². The van der Waals surface area contributed by atoms with Gasteiger partial charge in [0.25, 0.3) is 0 Å². The number of nitrogens with zero attached hydrogens (tertiary/aromatic N) is 2. The summed E-state index contributed by atoms with van der Waals surface area (Å²) in [4.78, 5) is 2.25. The lowest BCUT2D eigenvalue weighted by Gasteiger charge is -2.31. The van der Waals surface area contributed by atoms with Crippen molar-refractivity contribution in [3.8, 4) is 0 Å². The molecule has 0 atom stereocenters. The van der Waals surface area contributed by atoms with E-state index < -0.39 is 10.0 Å². The molecule has 1 fully saturated rings. The Balaban J connectivity index is 1.80. The molecule has 2 rings (SSSR count). The first-order chi connectivity index (χ1) is 8.42. The third-order valence-corrected chi connectivity index (χ3v) is 3.79. The largest absolute Gasteiger partial charge is 0.360 e. The average Bonchev–Trinajstić information content (AvgIpc) is 2.65. The molecule has 1 aromatic heterocycles. The molecule has 0 saturated carbocycles. The molecule has 1 aliphatic heterocycles. The van der Waals surface area contributed by atoms with Crippen LogP contribution in [-0.4, -0.2) is 43.9 Å². The monoisotopic (exact) mass is 273 g/mol. The predicted octanol–water partition coefficient (Wildman–Crippen LogP) is 0.497. The summed E-state index contributed by atoms with van der Waals surface area (Å²) in [5, 5.41) is 3.85. The topological polar surface area (TPSA) is 75.4 Å². The molecule has 0 amide bonds. The maximum absolute atomic E-state index is 11.1. The van der Waals surface area contributed by atoms with E-state index in [2.05, 4.69) is 14.8 Å². The van der Waals surface area contributed by atoms with E-state index in [0.717, 1.165) is 43.9 Å². The Hall–Kier alpha value is -0.920. The smallest absolute Gasteiger partial charge is 0.208 e. The summed E-state index contributed by atoms with van der Waals surface area (Å²) in [6.45, 7) is 4.38. The van der Waals surface area contributed by atoms with Crippen LogP contribution in [0.1, 0.15) is 24.3 Å². The van der Waals surface area contributed by atoms with Crippen molar-refractivity contribution < 1.29 is 12.9 Å². The number of aryl methyl sites for hydroxylation is 1. The molecule has 0 unspecified atom stereocenters. The molecule has 2 heterocycles. The van der Waals surface area contributed by atoms with Gasteiger partial charge in [0, 0.05) is 25.2 Å². The van der Waals surface area contributed by atoms with Gasteiger partial charge in [-0.3, -0.25) is 4.90 Å². The van der Waals surface area contributed by atoms with E-state index in [1.54, 1.807) is 0 Å². The van der Waals surface area contributed by atoms with Crippen LogP contribution in [0.5, 0.6) is 0 Å². The van der Waals surface area contributed by atoms with Gasteiger partial charge in [0.05, 0.1) is 18.5 Å². The molecule has 18 heavy (non-hydrogen) atoms. The van der Waals surface area contributed by atoms with Crippen LogP contribution in [0.2, 0.25) is 0 Å². The molecule has 102 valence electrons. The molecule has 1 N–H and O–H groups in total. The zero-order valence-corrected chi connectivity index (χ0v) is 11.5. The van der Waals surface area contributed by atoms with Crippen LogP contribution in [0.25, 0.3) is 0 Å². The predicted molar refractivity (Wildman–Crippen MR) is 67.5 cm³/mol. The Kier molecular flexibility index (Phi) is 4.04. The minimum Gasteiger partial charge on any atom is -0.360 e. The van der Waals surface area contributed by atoms with Crippen LogP contribution in [0, 0.1) is 6.92 Å². The molecule has 6 nitrogen and oxygen atoms in total. The summed E-state index contributed by atoms with van der Waals surface area (Å²) in [7, 11) is -3.09. The quantitative estimate of drug-likeness (QED) is 0.864. The second-order valence-corrected chi connectivity index (χ2v) is 6.66. The lowest BCUT2D eigenvalue weighted by Crippen LogP contribution is -2.43. The average molecular weight is 273 g/mol. The fraction of sp³-hybridized carbons (Fsp3) is 0.727. The van der Waals surface area contributed by atoms with Gasteiger partial charge < -0.3 is 4.52 Å². The molecule has 7 heteroatoms. The summed E-state index contributed by atoms with van der Waals surface area (Å²) < 4.78 is 30.1. The molecule has 0 bridgehead atoms. The van der Waals surface area contributed by atoms with Gasteiger partial charge in [-0.05, 0) is 19.8 Å². The maximum Gasteiger partial charge on any atom is 0.208 e. The van der Waals surface area contributed by atoms with Crippen molar-refractivity contribution in [3.63, 3.8) is 0 Å².